The molecule has 1 atom stereocenters. The monoisotopic (exact) mass is 276 g/mol. The van der Waals surface area contributed by atoms with Crippen molar-refractivity contribution >= 4 is 0 Å². The van der Waals surface area contributed by atoms with E-state index in [9.17, 15) is 10.2 Å². The number of allylic oxidation sites excluding steroid dienone is 2. The first-order chi connectivity index (χ1) is 9.56. The van der Waals surface area contributed by atoms with Crippen LogP contribution >= 0.6 is 0 Å². The normalized spacial score (nSPS) is 18.9. The zero-order valence-electron chi connectivity index (χ0n) is 12.3. The molecule has 3 heteroatoms. The molecule has 110 valence electrons. The first kappa shape index (κ1) is 14.8. The zero-order valence-corrected chi connectivity index (χ0v) is 12.3. The maximum atomic E-state index is 9.69. The van der Waals surface area contributed by atoms with Gasteiger partial charge in [0.1, 0.15) is 11.5 Å². The molecule has 1 aliphatic carbocycles. The Morgan fingerprint density at radius 3 is 2.70 bits per heavy atom. The molecule has 0 radical (unpaired) electrons. The average Bonchev–Trinajstić information content (AvgIpc) is 2.42. The van der Waals surface area contributed by atoms with Crippen LogP contribution in [0.15, 0.2) is 30.0 Å². The maximum Gasteiger partial charge on any atom is 0.122 e. The van der Waals surface area contributed by atoms with Gasteiger partial charge in [-0.2, -0.15) is 0 Å². The first-order valence-corrected chi connectivity index (χ1v) is 7.39. The number of ether oxygens (including phenoxy) is 1. The van der Waals surface area contributed by atoms with E-state index in [2.05, 4.69) is 19.9 Å². The van der Waals surface area contributed by atoms with Gasteiger partial charge in [0.25, 0.3) is 0 Å². The Morgan fingerprint density at radius 2 is 2.10 bits per heavy atom. The van der Waals surface area contributed by atoms with Crippen LogP contribution in [0.5, 0.6) is 11.5 Å². The summed E-state index contributed by atoms with van der Waals surface area (Å²) in [6.45, 7) is 5.12. The molecule has 0 amide bonds. The summed E-state index contributed by atoms with van der Waals surface area (Å²) in [4.78, 5) is 0. The molecule has 2 N–H and O–H groups in total. The van der Waals surface area contributed by atoms with Crippen LogP contribution < -0.4 is 0 Å². The van der Waals surface area contributed by atoms with E-state index in [1.807, 2.05) is 0 Å². The van der Waals surface area contributed by atoms with Gasteiger partial charge in [0, 0.05) is 18.9 Å². The van der Waals surface area contributed by atoms with E-state index in [1.54, 1.807) is 12.1 Å². The number of rotatable bonds is 5. The minimum Gasteiger partial charge on any atom is -0.508 e. The van der Waals surface area contributed by atoms with E-state index < -0.39 is 0 Å². The molecule has 3 nitrogen and oxygen atoms in total. The Bertz CT molecular complexity index is 477. The number of benzene rings is 1. The third kappa shape index (κ3) is 3.92. The third-order valence-corrected chi connectivity index (χ3v) is 4.08. The molecule has 1 aromatic rings. The summed E-state index contributed by atoms with van der Waals surface area (Å²) >= 11 is 0. The summed E-state index contributed by atoms with van der Waals surface area (Å²) in [5, 5.41) is 18.9. The SMILES string of the molecule is CC(C)C1CC=C(OCCc2ccc(O)cc2O)CC1. The van der Waals surface area contributed by atoms with Crippen LogP contribution in [0.1, 0.15) is 38.7 Å². The molecule has 0 saturated carbocycles. The number of hydrogen-bond donors (Lipinski definition) is 2. The number of hydrogen-bond acceptors (Lipinski definition) is 3. The highest BCUT2D eigenvalue weighted by Gasteiger charge is 2.18. The molecule has 0 spiro atoms. The lowest BCUT2D eigenvalue weighted by Crippen LogP contribution is -2.13. The maximum absolute atomic E-state index is 9.69. The van der Waals surface area contributed by atoms with Crippen molar-refractivity contribution in [2.24, 2.45) is 11.8 Å². The van der Waals surface area contributed by atoms with Gasteiger partial charge >= 0.3 is 0 Å². The van der Waals surface area contributed by atoms with E-state index in [0.717, 1.165) is 36.0 Å². The standard InChI is InChI=1S/C17H24O3/c1-12(2)13-4-7-16(8-5-13)20-10-9-14-3-6-15(18)11-17(14)19/h3,6-7,11-13,18-19H,4-5,8-10H2,1-2H3. The average molecular weight is 276 g/mol. The van der Waals surface area contributed by atoms with Crippen LogP contribution in [0.3, 0.4) is 0 Å². The summed E-state index contributed by atoms with van der Waals surface area (Å²) in [6.07, 6.45) is 6.19. The molecule has 1 aliphatic rings. The molecule has 0 aromatic heterocycles. The summed E-state index contributed by atoms with van der Waals surface area (Å²) in [5.74, 6) is 2.82. The molecule has 2 rings (SSSR count). The van der Waals surface area contributed by atoms with Crippen LogP contribution in [0.25, 0.3) is 0 Å². The highest BCUT2D eigenvalue weighted by molar-refractivity contribution is 5.38. The van der Waals surface area contributed by atoms with Crippen LogP contribution in [0, 0.1) is 11.8 Å². The van der Waals surface area contributed by atoms with Crippen LogP contribution in [0.4, 0.5) is 0 Å². The van der Waals surface area contributed by atoms with Gasteiger partial charge in [0.05, 0.1) is 12.4 Å². The largest absolute Gasteiger partial charge is 0.508 e. The fourth-order valence-corrected chi connectivity index (χ4v) is 2.62. The topological polar surface area (TPSA) is 49.7 Å². The second kappa shape index (κ2) is 6.69. The molecule has 0 fully saturated rings. The third-order valence-electron chi connectivity index (χ3n) is 4.08. The fourth-order valence-electron chi connectivity index (χ4n) is 2.62. The Balaban J connectivity index is 1.79. The Hall–Kier alpha value is -1.64. The van der Waals surface area contributed by atoms with E-state index in [0.29, 0.717) is 13.0 Å². The number of aromatic hydroxyl groups is 2. The van der Waals surface area contributed by atoms with E-state index >= 15 is 0 Å². The van der Waals surface area contributed by atoms with Gasteiger partial charge < -0.3 is 14.9 Å². The Kier molecular flexibility index (Phi) is 4.94. The van der Waals surface area contributed by atoms with E-state index in [4.69, 9.17) is 4.74 Å². The van der Waals surface area contributed by atoms with E-state index in [1.165, 1.54) is 12.5 Å². The molecule has 0 saturated heterocycles. The highest BCUT2D eigenvalue weighted by Crippen LogP contribution is 2.30. The minimum absolute atomic E-state index is 0.0851. The summed E-state index contributed by atoms with van der Waals surface area (Å²) < 4.78 is 5.79. The molecular weight excluding hydrogens is 252 g/mol. The van der Waals surface area contributed by atoms with Crippen LogP contribution in [0.2, 0.25) is 0 Å². The van der Waals surface area contributed by atoms with Crippen molar-refractivity contribution in [1.29, 1.82) is 0 Å². The molecule has 1 aromatic carbocycles. The lowest BCUT2D eigenvalue weighted by molar-refractivity contribution is 0.184. The van der Waals surface area contributed by atoms with Crippen molar-refractivity contribution in [1.82, 2.24) is 0 Å². The predicted molar refractivity (Wildman–Crippen MR) is 79.7 cm³/mol. The van der Waals surface area contributed by atoms with Crippen LogP contribution in [-0.2, 0) is 11.2 Å². The van der Waals surface area contributed by atoms with E-state index in [-0.39, 0.29) is 11.5 Å². The molecule has 20 heavy (non-hydrogen) atoms. The van der Waals surface area contributed by atoms with Crippen molar-refractivity contribution in [3.05, 3.63) is 35.6 Å². The lowest BCUT2D eigenvalue weighted by atomic mass is 9.84. The molecule has 0 heterocycles. The first-order valence-electron chi connectivity index (χ1n) is 7.39. The Labute approximate surface area is 120 Å². The van der Waals surface area contributed by atoms with Gasteiger partial charge in [-0.25, -0.2) is 0 Å². The molecular formula is C17H24O3. The van der Waals surface area contributed by atoms with Gasteiger partial charge in [0.2, 0.25) is 0 Å². The smallest absolute Gasteiger partial charge is 0.122 e. The summed E-state index contributed by atoms with van der Waals surface area (Å²) in [5.41, 5.74) is 0.805. The summed E-state index contributed by atoms with van der Waals surface area (Å²) in [6, 6.07) is 4.68. The minimum atomic E-state index is 0.0851. The van der Waals surface area contributed by atoms with Crippen molar-refractivity contribution in [3.8, 4) is 11.5 Å². The summed E-state index contributed by atoms with van der Waals surface area (Å²) in [7, 11) is 0. The second-order valence-electron chi connectivity index (χ2n) is 5.86. The van der Waals surface area contributed by atoms with Crippen molar-refractivity contribution in [3.63, 3.8) is 0 Å². The van der Waals surface area contributed by atoms with Crippen molar-refractivity contribution in [2.45, 2.75) is 39.5 Å². The number of phenols is 2. The van der Waals surface area contributed by atoms with Gasteiger partial charge in [-0.05, 0) is 42.4 Å². The zero-order chi connectivity index (χ0) is 14.5. The van der Waals surface area contributed by atoms with Gasteiger partial charge in [0.15, 0.2) is 0 Å². The molecule has 0 bridgehead atoms. The number of phenolic OH excluding ortho intramolecular Hbond substituents is 2. The quantitative estimate of drug-likeness (QED) is 0.854. The molecule has 1 unspecified atom stereocenters. The predicted octanol–water partition coefficient (Wildman–Crippen LogP) is 4.00. The second-order valence-corrected chi connectivity index (χ2v) is 5.86. The van der Waals surface area contributed by atoms with Crippen molar-refractivity contribution in [2.75, 3.05) is 6.61 Å². The van der Waals surface area contributed by atoms with Gasteiger partial charge in [-0.1, -0.05) is 19.9 Å². The molecule has 0 aliphatic heterocycles. The lowest BCUT2D eigenvalue weighted by Gasteiger charge is -2.25. The Morgan fingerprint density at radius 1 is 1.30 bits per heavy atom. The highest BCUT2D eigenvalue weighted by atomic mass is 16.5. The fraction of sp³-hybridized carbons (Fsp3) is 0.529. The van der Waals surface area contributed by atoms with Gasteiger partial charge in [-0.15, -0.1) is 0 Å². The van der Waals surface area contributed by atoms with Gasteiger partial charge in [-0.3, -0.25) is 0 Å². The van der Waals surface area contributed by atoms with Crippen molar-refractivity contribution < 1.29 is 14.9 Å². The van der Waals surface area contributed by atoms with Crippen LogP contribution in [-0.4, -0.2) is 16.8 Å².